The molecule has 5 heteroatoms. The van der Waals surface area contributed by atoms with E-state index in [0.717, 1.165) is 24.8 Å². The Hall–Kier alpha value is -1.01. The molecule has 0 amide bonds. The molecule has 0 spiro atoms. The van der Waals surface area contributed by atoms with Crippen molar-refractivity contribution in [3.63, 3.8) is 0 Å². The summed E-state index contributed by atoms with van der Waals surface area (Å²) in [4.78, 5) is 11.8. The SMILES string of the molecule is C[C@@]12C=CC(=O)C=C1CC[C@H]1[C@H]2[C@H](O)C[C@]2(C)[C@@H]1CC[C@@]2(O)[C@H](O)CO. The number of carbonyl (C=O) groups is 1. The second-order valence-corrected chi connectivity index (χ2v) is 9.37. The maximum Gasteiger partial charge on any atom is 0.178 e. The molecule has 3 fully saturated rings. The van der Waals surface area contributed by atoms with E-state index in [1.165, 1.54) is 0 Å². The Labute approximate surface area is 154 Å². The standard InChI is InChI=1S/C21H30O5/c1-19-7-5-13(23)9-12(19)3-4-14-15-6-8-21(26,17(25)11-22)20(15,2)10-16(24)18(14)19/h5,7,9,14-18,22,24-26H,3-4,6,8,10-11H2,1-2H3/t14-,15-,16-,17-,18+,19-,20-,21-/m1/s1. The first-order valence-corrected chi connectivity index (χ1v) is 9.81. The topological polar surface area (TPSA) is 98.0 Å². The Balaban J connectivity index is 1.74. The Morgan fingerprint density at radius 2 is 2.04 bits per heavy atom. The maximum atomic E-state index is 11.8. The van der Waals surface area contributed by atoms with E-state index in [1.54, 1.807) is 12.2 Å². The van der Waals surface area contributed by atoms with Crippen LogP contribution in [0.2, 0.25) is 0 Å². The number of carbonyl (C=O) groups excluding carboxylic acids is 1. The number of hydrogen-bond donors (Lipinski definition) is 4. The van der Waals surface area contributed by atoms with Gasteiger partial charge in [0.05, 0.1) is 18.3 Å². The Morgan fingerprint density at radius 1 is 1.31 bits per heavy atom. The molecule has 0 aromatic rings. The van der Waals surface area contributed by atoms with Crippen LogP contribution >= 0.6 is 0 Å². The zero-order valence-electron chi connectivity index (χ0n) is 15.6. The number of allylic oxidation sites excluding steroid dienone is 4. The minimum Gasteiger partial charge on any atom is -0.394 e. The number of aliphatic hydroxyl groups is 4. The fourth-order valence-corrected chi connectivity index (χ4v) is 7.06. The Kier molecular flexibility index (Phi) is 4.05. The van der Waals surface area contributed by atoms with Crippen LogP contribution in [0.25, 0.3) is 0 Å². The molecule has 0 bridgehead atoms. The van der Waals surface area contributed by atoms with E-state index < -0.39 is 29.8 Å². The van der Waals surface area contributed by atoms with Crippen LogP contribution in [0.5, 0.6) is 0 Å². The summed E-state index contributed by atoms with van der Waals surface area (Å²) >= 11 is 0. The first-order chi connectivity index (χ1) is 12.2. The van der Waals surface area contributed by atoms with Crippen LogP contribution in [0.3, 0.4) is 0 Å². The minimum atomic E-state index is -1.37. The third-order valence-corrected chi connectivity index (χ3v) is 8.44. The van der Waals surface area contributed by atoms with Gasteiger partial charge in [-0.2, -0.15) is 0 Å². The molecule has 0 aromatic heterocycles. The van der Waals surface area contributed by atoms with Crippen LogP contribution in [0.1, 0.15) is 46.0 Å². The van der Waals surface area contributed by atoms with Crippen LogP contribution in [0.15, 0.2) is 23.8 Å². The van der Waals surface area contributed by atoms with Crippen LogP contribution in [0.4, 0.5) is 0 Å². The first-order valence-electron chi connectivity index (χ1n) is 9.81. The largest absolute Gasteiger partial charge is 0.394 e. The average Bonchev–Trinajstić information content (AvgIpc) is 2.86. The van der Waals surface area contributed by atoms with Gasteiger partial charge in [-0.05, 0) is 56.1 Å². The molecule has 8 atom stereocenters. The van der Waals surface area contributed by atoms with Crippen molar-refractivity contribution in [2.45, 2.75) is 63.8 Å². The van der Waals surface area contributed by atoms with Crippen molar-refractivity contribution in [3.05, 3.63) is 23.8 Å². The monoisotopic (exact) mass is 362 g/mol. The van der Waals surface area contributed by atoms with Crippen LogP contribution < -0.4 is 0 Å². The van der Waals surface area contributed by atoms with Crippen molar-refractivity contribution >= 4 is 5.78 Å². The molecule has 0 aromatic carbocycles. The van der Waals surface area contributed by atoms with Crippen molar-refractivity contribution in [2.75, 3.05) is 6.61 Å². The number of fused-ring (bicyclic) bond motifs is 5. The van der Waals surface area contributed by atoms with Gasteiger partial charge in [0.25, 0.3) is 0 Å². The van der Waals surface area contributed by atoms with Gasteiger partial charge in [-0.1, -0.05) is 25.5 Å². The summed E-state index contributed by atoms with van der Waals surface area (Å²) < 4.78 is 0. The van der Waals surface area contributed by atoms with Gasteiger partial charge in [0.2, 0.25) is 0 Å². The number of ketones is 1. The molecule has 0 radical (unpaired) electrons. The molecular formula is C21H30O5. The van der Waals surface area contributed by atoms with Crippen molar-refractivity contribution in [1.82, 2.24) is 0 Å². The summed E-state index contributed by atoms with van der Waals surface area (Å²) in [6.45, 7) is 3.61. The summed E-state index contributed by atoms with van der Waals surface area (Å²) in [5, 5.41) is 42.2. The summed E-state index contributed by atoms with van der Waals surface area (Å²) in [5.74, 6) is 0.445. The molecule has 0 unspecified atom stereocenters. The second-order valence-electron chi connectivity index (χ2n) is 9.37. The maximum absolute atomic E-state index is 11.8. The van der Waals surface area contributed by atoms with Crippen LogP contribution in [-0.2, 0) is 4.79 Å². The van der Waals surface area contributed by atoms with Crippen LogP contribution in [0, 0.1) is 28.6 Å². The van der Waals surface area contributed by atoms with Crippen molar-refractivity contribution < 1.29 is 25.2 Å². The molecule has 4 rings (SSSR count). The lowest BCUT2D eigenvalue weighted by atomic mass is 9.46. The average molecular weight is 362 g/mol. The highest BCUT2D eigenvalue weighted by Gasteiger charge is 2.67. The molecule has 3 saturated carbocycles. The molecule has 5 nitrogen and oxygen atoms in total. The highest BCUT2D eigenvalue weighted by atomic mass is 16.4. The fourth-order valence-electron chi connectivity index (χ4n) is 7.06. The third-order valence-electron chi connectivity index (χ3n) is 8.44. The molecule has 26 heavy (non-hydrogen) atoms. The normalized spacial score (nSPS) is 51.3. The van der Waals surface area contributed by atoms with E-state index in [4.69, 9.17) is 0 Å². The summed E-state index contributed by atoms with van der Waals surface area (Å²) in [6, 6.07) is 0. The van der Waals surface area contributed by atoms with Gasteiger partial charge in [-0.15, -0.1) is 0 Å². The second kappa shape index (κ2) is 5.74. The molecule has 0 heterocycles. The van der Waals surface area contributed by atoms with E-state index in [2.05, 4.69) is 6.92 Å². The molecule has 4 aliphatic rings. The zero-order chi connectivity index (χ0) is 18.9. The predicted molar refractivity (Wildman–Crippen MR) is 96.0 cm³/mol. The van der Waals surface area contributed by atoms with E-state index in [1.807, 2.05) is 13.0 Å². The van der Waals surface area contributed by atoms with E-state index in [0.29, 0.717) is 12.8 Å². The van der Waals surface area contributed by atoms with Gasteiger partial charge in [-0.25, -0.2) is 0 Å². The molecule has 0 saturated heterocycles. The molecule has 0 aliphatic heterocycles. The highest BCUT2D eigenvalue weighted by molar-refractivity contribution is 6.01. The summed E-state index contributed by atoms with van der Waals surface area (Å²) in [7, 11) is 0. The third kappa shape index (κ3) is 2.15. The van der Waals surface area contributed by atoms with Gasteiger partial charge >= 0.3 is 0 Å². The van der Waals surface area contributed by atoms with E-state index in [-0.39, 0.29) is 29.0 Å². The number of aliphatic hydroxyl groups excluding tert-OH is 3. The number of rotatable bonds is 2. The summed E-state index contributed by atoms with van der Waals surface area (Å²) in [6.07, 6.45) is 6.85. The lowest BCUT2D eigenvalue weighted by Gasteiger charge is -2.60. The van der Waals surface area contributed by atoms with E-state index >= 15 is 0 Å². The van der Waals surface area contributed by atoms with E-state index in [9.17, 15) is 25.2 Å². The quantitative estimate of drug-likeness (QED) is 0.594. The molecule has 4 N–H and O–H groups in total. The van der Waals surface area contributed by atoms with Gasteiger partial charge in [0.15, 0.2) is 5.78 Å². The lowest BCUT2D eigenvalue weighted by Crippen LogP contribution is -2.62. The predicted octanol–water partition coefficient (Wildman–Crippen LogP) is 1.35. The molecular weight excluding hydrogens is 332 g/mol. The van der Waals surface area contributed by atoms with Crippen molar-refractivity contribution in [1.29, 1.82) is 0 Å². The van der Waals surface area contributed by atoms with Crippen molar-refractivity contribution in [2.24, 2.45) is 28.6 Å². The summed E-state index contributed by atoms with van der Waals surface area (Å²) in [5.41, 5.74) is -1.21. The van der Waals surface area contributed by atoms with Gasteiger partial charge in [0, 0.05) is 16.7 Å². The van der Waals surface area contributed by atoms with Crippen LogP contribution in [-0.4, -0.2) is 50.6 Å². The van der Waals surface area contributed by atoms with Crippen molar-refractivity contribution in [3.8, 4) is 0 Å². The smallest absolute Gasteiger partial charge is 0.178 e. The first kappa shape index (κ1) is 18.4. The minimum absolute atomic E-state index is 0.0125. The number of hydrogen-bond acceptors (Lipinski definition) is 5. The van der Waals surface area contributed by atoms with Gasteiger partial charge < -0.3 is 20.4 Å². The molecule has 144 valence electrons. The lowest BCUT2D eigenvalue weighted by molar-refractivity contribution is -0.204. The Bertz CT molecular complexity index is 684. The molecule has 4 aliphatic carbocycles. The van der Waals surface area contributed by atoms with Gasteiger partial charge in [0.1, 0.15) is 6.10 Å². The highest BCUT2D eigenvalue weighted by Crippen LogP contribution is 2.67. The Morgan fingerprint density at radius 3 is 2.73 bits per heavy atom. The van der Waals surface area contributed by atoms with Gasteiger partial charge in [-0.3, -0.25) is 4.79 Å². The zero-order valence-corrected chi connectivity index (χ0v) is 15.6. The fraction of sp³-hybridized carbons (Fsp3) is 0.762.